The molecule has 0 aliphatic heterocycles. The van der Waals surface area contributed by atoms with Crippen LogP contribution in [-0.4, -0.2) is 31.1 Å². The van der Waals surface area contributed by atoms with Crippen molar-refractivity contribution in [3.8, 4) is 11.5 Å². The molecule has 0 heterocycles. The molecule has 0 fully saturated rings. The lowest BCUT2D eigenvalue weighted by Gasteiger charge is -2.18. The van der Waals surface area contributed by atoms with E-state index in [0.29, 0.717) is 17.7 Å². The predicted molar refractivity (Wildman–Crippen MR) is 94.5 cm³/mol. The summed E-state index contributed by atoms with van der Waals surface area (Å²) in [5, 5.41) is 2.82. The first-order valence-corrected chi connectivity index (χ1v) is 7.95. The van der Waals surface area contributed by atoms with Gasteiger partial charge in [-0.05, 0) is 43.3 Å². The molecular formula is C19H22N2O4. The third-order valence-electron chi connectivity index (χ3n) is 3.64. The number of carbonyl (C=O) groups is 2. The third-order valence-corrected chi connectivity index (χ3v) is 3.64. The maximum absolute atomic E-state index is 12.3. The van der Waals surface area contributed by atoms with Crippen LogP contribution in [0.25, 0.3) is 0 Å². The zero-order chi connectivity index (χ0) is 18.2. The highest BCUT2D eigenvalue weighted by Crippen LogP contribution is 2.21. The molecule has 2 aromatic carbocycles. The van der Waals surface area contributed by atoms with E-state index in [9.17, 15) is 9.59 Å². The van der Waals surface area contributed by atoms with Crippen LogP contribution in [0.2, 0.25) is 0 Å². The number of hydrogen-bond acceptors (Lipinski definition) is 4. The summed E-state index contributed by atoms with van der Waals surface area (Å²) in [6, 6.07) is 16.0. The first kappa shape index (κ1) is 18.5. The van der Waals surface area contributed by atoms with Gasteiger partial charge in [0.15, 0.2) is 0 Å². The maximum atomic E-state index is 12.3. The number of nitrogens with two attached hydrogens (primary N) is 1. The van der Waals surface area contributed by atoms with Crippen LogP contribution in [0.15, 0.2) is 54.6 Å². The van der Waals surface area contributed by atoms with Crippen molar-refractivity contribution in [1.82, 2.24) is 5.32 Å². The summed E-state index contributed by atoms with van der Waals surface area (Å²) in [7, 11) is 1.41. The monoisotopic (exact) mass is 342 g/mol. The zero-order valence-electron chi connectivity index (χ0n) is 14.3. The van der Waals surface area contributed by atoms with Crippen molar-refractivity contribution >= 4 is 11.8 Å². The molecule has 0 radical (unpaired) electrons. The lowest BCUT2D eigenvalue weighted by Crippen LogP contribution is -2.40. The van der Waals surface area contributed by atoms with Crippen LogP contribution < -0.4 is 15.8 Å². The summed E-state index contributed by atoms with van der Waals surface area (Å²) in [5.41, 5.74) is 5.73. The van der Waals surface area contributed by atoms with Crippen LogP contribution in [0.1, 0.15) is 23.7 Å². The highest BCUT2D eigenvalue weighted by atomic mass is 16.5. The van der Waals surface area contributed by atoms with E-state index in [1.807, 2.05) is 30.3 Å². The molecule has 25 heavy (non-hydrogen) atoms. The molecule has 0 saturated heterocycles. The minimum atomic E-state index is -0.725. The first-order chi connectivity index (χ1) is 12.0. The summed E-state index contributed by atoms with van der Waals surface area (Å²) in [5.74, 6) is 0.582. The standard InChI is InChI=1S/C19H22N2O4/c1-13(12-17(24-2)18(20)22)21-19(23)14-8-10-16(11-9-14)25-15-6-4-3-5-7-15/h3-11,13,17H,12H2,1-2H3,(H2,20,22)(H,21,23)/t13-,17?/m0/s1. The van der Waals surface area contributed by atoms with Crippen LogP contribution in [0.5, 0.6) is 11.5 Å². The Bertz CT molecular complexity index is 701. The number of amides is 2. The normalized spacial score (nSPS) is 12.9. The van der Waals surface area contributed by atoms with Crippen molar-refractivity contribution < 1.29 is 19.1 Å². The quantitative estimate of drug-likeness (QED) is 0.771. The second-order valence-corrected chi connectivity index (χ2v) is 5.68. The Balaban J connectivity index is 1.92. The van der Waals surface area contributed by atoms with E-state index < -0.39 is 12.0 Å². The molecule has 3 N–H and O–H groups in total. The number of carbonyl (C=O) groups excluding carboxylic acids is 2. The van der Waals surface area contributed by atoms with Gasteiger partial charge in [-0.15, -0.1) is 0 Å². The SMILES string of the molecule is COC(C[C@H](C)NC(=O)c1ccc(Oc2ccccc2)cc1)C(N)=O. The summed E-state index contributed by atoms with van der Waals surface area (Å²) in [4.78, 5) is 23.4. The van der Waals surface area contributed by atoms with Crippen molar-refractivity contribution in [3.63, 3.8) is 0 Å². The van der Waals surface area contributed by atoms with Crippen molar-refractivity contribution in [2.45, 2.75) is 25.5 Å². The Hall–Kier alpha value is -2.86. The number of para-hydroxylation sites is 1. The number of methoxy groups -OCH3 is 1. The van der Waals surface area contributed by atoms with Crippen LogP contribution in [0.3, 0.4) is 0 Å². The molecule has 2 rings (SSSR count). The molecule has 0 bridgehead atoms. The number of rotatable bonds is 8. The average molecular weight is 342 g/mol. The average Bonchev–Trinajstić information content (AvgIpc) is 2.61. The number of nitrogens with one attached hydrogen (secondary N) is 1. The van der Waals surface area contributed by atoms with Crippen LogP contribution in [-0.2, 0) is 9.53 Å². The van der Waals surface area contributed by atoms with Gasteiger partial charge in [0.25, 0.3) is 5.91 Å². The molecule has 6 heteroatoms. The molecule has 1 unspecified atom stereocenters. The van der Waals surface area contributed by atoms with Gasteiger partial charge in [0.1, 0.15) is 17.6 Å². The fourth-order valence-corrected chi connectivity index (χ4v) is 2.31. The van der Waals surface area contributed by atoms with Gasteiger partial charge in [-0.3, -0.25) is 9.59 Å². The minimum Gasteiger partial charge on any atom is -0.457 e. The van der Waals surface area contributed by atoms with E-state index in [0.717, 1.165) is 5.75 Å². The molecule has 0 aliphatic rings. The second-order valence-electron chi connectivity index (χ2n) is 5.68. The van der Waals surface area contributed by atoms with E-state index in [1.54, 1.807) is 31.2 Å². The van der Waals surface area contributed by atoms with Gasteiger partial charge in [0.05, 0.1) is 0 Å². The van der Waals surface area contributed by atoms with E-state index in [4.69, 9.17) is 15.2 Å². The Morgan fingerprint density at radius 2 is 1.64 bits per heavy atom. The summed E-state index contributed by atoms with van der Waals surface area (Å²) in [6.07, 6.45) is -0.413. The van der Waals surface area contributed by atoms with Crippen LogP contribution in [0, 0.1) is 0 Å². The van der Waals surface area contributed by atoms with Gasteiger partial charge in [0.2, 0.25) is 5.91 Å². The second kappa shape index (κ2) is 8.84. The van der Waals surface area contributed by atoms with E-state index in [-0.39, 0.29) is 11.9 Å². The van der Waals surface area contributed by atoms with Crippen molar-refractivity contribution in [3.05, 3.63) is 60.2 Å². The molecule has 2 aromatic rings. The van der Waals surface area contributed by atoms with Gasteiger partial charge in [-0.2, -0.15) is 0 Å². The number of ether oxygens (including phenoxy) is 2. The summed E-state index contributed by atoms with van der Waals surface area (Å²) in [6.45, 7) is 1.79. The first-order valence-electron chi connectivity index (χ1n) is 7.95. The highest BCUT2D eigenvalue weighted by Gasteiger charge is 2.19. The van der Waals surface area contributed by atoms with Crippen LogP contribution in [0.4, 0.5) is 0 Å². The molecule has 2 amide bonds. The molecule has 0 spiro atoms. The lowest BCUT2D eigenvalue weighted by atomic mass is 10.1. The van der Waals surface area contributed by atoms with E-state index >= 15 is 0 Å². The van der Waals surface area contributed by atoms with Crippen molar-refractivity contribution in [1.29, 1.82) is 0 Å². The van der Waals surface area contributed by atoms with Gasteiger partial charge >= 0.3 is 0 Å². The summed E-state index contributed by atoms with van der Waals surface area (Å²) >= 11 is 0. The van der Waals surface area contributed by atoms with E-state index in [1.165, 1.54) is 7.11 Å². The molecule has 6 nitrogen and oxygen atoms in total. The van der Waals surface area contributed by atoms with Gasteiger partial charge < -0.3 is 20.5 Å². The topological polar surface area (TPSA) is 90.7 Å². The third kappa shape index (κ3) is 5.61. The smallest absolute Gasteiger partial charge is 0.251 e. The lowest BCUT2D eigenvalue weighted by molar-refractivity contribution is -0.128. The van der Waals surface area contributed by atoms with Gasteiger partial charge in [0, 0.05) is 25.1 Å². The Morgan fingerprint density at radius 3 is 2.20 bits per heavy atom. The molecular weight excluding hydrogens is 320 g/mol. The van der Waals surface area contributed by atoms with Gasteiger partial charge in [-0.1, -0.05) is 18.2 Å². The molecule has 132 valence electrons. The zero-order valence-corrected chi connectivity index (χ0v) is 14.3. The Labute approximate surface area is 146 Å². The molecule has 0 aromatic heterocycles. The molecule has 0 saturated carbocycles. The maximum Gasteiger partial charge on any atom is 0.251 e. The predicted octanol–water partition coefficient (Wildman–Crippen LogP) is 2.49. The fraction of sp³-hybridized carbons (Fsp3) is 0.263. The Morgan fingerprint density at radius 1 is 1.04 bits per heavy atom. The van der Waals surface area contributed by atoms with Crippen molar-refractivity contribution in [2.75, 3.05) is 7.11 Å². The largest absolute Gasteiger partial charge is 0.457 e. The number of benzene rings is 2. The number of primary amides is 1. The Kier molecular flexibility index (Phi) is 6.54. The number of hydrogen-bond donors (Lipinski definition) is 2. The highest BCUT2D eigenvalue weighted by molar-refractivity contribution is 5.94. The minimum absolute atomic E-state index is 0.238. The molecule has 2 atom stereocenters. The molecule has 0 aliphatic carbocycles. The fourth-order valence-electron chi connectivity index (χ4n) is 2.31. The van der Waals surface area contributed by atoms with Crippen LogP contribution >= 0.6 is 0 Å². The summed E-state index contributed by atoms with van der Waals surface area (Å²) < 4.78 is 10.7. The van der Waals surface area contributed by atoms with Gasteiger partial charge in [-0.25, -0.2) is 0 Å². The van der Waals surface area contributed by atoms with E-state index in [2.05, 4.69) is 5.32 Å². The van der Waals surface area contributed by atoms with Crippen molar-refractivity contribution in [2.24, 2.45) is 5.73 Å².